The van der Waals surface area contributed by atoms with Gasteiger partial charge in [-0.05, 0) is 42.8 Å². The van der Waals surface area contributed by atoms with Gasteiger partial charge >= 0.3 is 0 Å². The summed E-state index contributed by atoms with van der Waals surface area (Å²) < 4.78 is 50.3. The highest BCUT2D eigenvalue weighted by atomic mass is 35.5. The number of halogens is 2. The molecule has 0 amide bonds. The Bertz CT molecular complexity index is 985. The third kappa shape index (κ3) is 4.61. The molecule has 1 aromatic heterocycles. The van der Waals surface area contributed by atoms with E-state index in [1.807, 2.05) is 12.1 Å². The van der Waals surface area contributed by atoms with Crippen LogP contribution in [0.3, 0.4) is 0 Å². The van der Waals surface area contributed by atoms with Crippen LogP contribution < -0.4 is 5.32 Å². The maximum atomic E-state index is 12.8. The van der Waals surface area contributed by atoms with E-state index in [4.69, 9.17) is 23.2 Å². The van der Waals surface area contributed by atoms with Crippen molar-refractivity contribution in [1.29, 1.82) is 0 Å². The standard InChI is InChI=1S/C16H17Cl2NO4S3/c17-12-3-1-11(2-4-12)7-8-19-13-9-25(20,21)10-14(13)26(22,23)16-6-5-15(18)24-16/h1-6,13-14,19H,7-10H2/t13-,14-/m0/s1. The van der Waals surface area contributed by atoms with Crippen molar-refractivity contribution in [1.82, 2.24) is 5.32 Å². The van der Waals surface area contributed by atoms with Crippen LogP contribution in [-0.4, -0.2) is 46.2 Å². The van der Waals surface area contributed by atoms with E-state index in [1.54, 1.807) is 12.1 Å². The average Bonchev–Trinajstić information content (AvgIpc) is 3.13. The van der Waals surface area contributed by atoms with Gasteiger partial charge in [0.05, 0.1) is 21.1 Å². The summed E-state index contributed by atoms with van der Waals surface area (Å²) in [6.45, 7) is 0.471. The Kier molecular flexibility index (Phi) is 6.01. The molecule has 2 aromatic rings. The summed E-state index contributed by atoms with van der Waals surface area (Å²) in [4.78, 5) is 0. The van der Waals surface area contributed by atoms with Crippen LogP contribution in [-0.2, 0) is 26.1 Å². The molecule has 0 unspecified atom stereocenters. The third-order valence-electron chi connectivity index (χ3n) is 4.26. The molecule has 1 fully saturated rings. The van der Waals surface area contributed by atoms with Crippen LogP contribution >= 0.6 is 34.5 Å². The molecule has 142 valence electrons. The van der Waals surface area contributed by atoms with Crippen molar-refractivity contribution < 1.29 is 16.8 Å². The minimum absolute atomic E-state index is 0.106. The van der Waals surface area contributed by atoms with E-state index in [-0.39, 0.29) is 15.7 Å². The Hall–Kier alpha value is -0.640. The zero-order valence-corrected chi connectivity index (χ0v) is 17.5. The molecule has 0 spiro atoms. The fourth-order valence-electron chi connectivity index (χ4n) is 2.96. The van der Waals surface area contributed by atoms with Crippen LogP contribution in [0.1, 0.15) is 5.56 Å². The SMILES string of the molecule is O=S1(=O)C[C@H](NCCc2ccc(Cl)cc2)[C@@H](S(=O)(=O)c2ccc(Cl)s2)C1. The van der Waals surface area contributed by atoms with Crippen molar-refractivity contribution in [3.8, 4) is 0 Å². The molecule has 1 aliphatic heterocycles. The van der Waals surface area contributed by atoms with Crippen LogP contribution in [0.15, 0.2) is 40.6 Å². The third-order valence-corrected chi connectivity index (χ3v) is 10.4. The van der Waals surface area contributed by atoms with E-state index >= 15 is 0 Å². The maximum absolute atomic E-state index is 12.8. The molecule has 1 aliphatic rings. The van der Waals surface area contributed by atoms with Crippen molar-refractivity contribution in [3.05, 3.63) is 51.3 Å². The van der Waals surface area contributed by atoms with E-state index in [2.05, 4.69) is 5.32 Å². The summed E-state index contributed by atoms with van der Waals surface area (Å²) >= 11 is 12.6. The summed E-state index contributed by atoms with van der Waals surface area (Å²) in [7, 11) is -7.18. The molecule has 26 heavy (non-hydrogen) atoms. The number of hydrogen-bond donors (Lipinski definition) is 1. The molecular weight excluding hydrogens is 437 g/mol. The van der Waals surface area contributed by atoms with Crippen LogP contribution in [0.4, 0.5) is 0 Å². The molecule has 2 heterocycles. The molecule has 3 rings (SSSR count). The first kappa shape index (κ1) is 20.1. The van der Waals surface area contributed by atoms with Gasteiger partial charge in [-0.3, -0.25) is 0 Å². The first-order chi connectivity index (χ1) is 12.2. The average molecular weight is 454 g/mol. The van der Waals surface area contributed by atoms with Crippen LogP contribution in [0.2, 0.25) is 9.36 Å². The monoisotopic (exact) mass is 453 g/mol. The van der Waals surface area contributed by atoms with Crippen molar-refractivity contribution in [2.24, 2.45) is 0 Å². The van der Waals surface area contributed by atoms with Crippen molar-refractivity contribution >= 4 is 54.2 Å². The van der Waals surface area contributed by atoms with Gasteiger partial charge in [-0.25, -0.2) is 16.8 Å². The first-order valence-electron chi connectivity index (χ1n) is 7.85. The Morgan fingerprint density at radius 3 is 2.38 bits per heavy atom. The number of nitrogens with one attached hydrogen (secondary N) is 1. The molecule has 0 saturated carbocycles. The predicted octanol–water partition coefficient (Wildman–Crippen LogP) is 2.83. The van der Waals surface area contributed by atoms with E-state index in [0.717, 1.165) is 16.9 Å². The molecule has 10 heteroatoms. The van der Waals surface area contributed by atoms with Gasteiger partial charge in [0.1, 0.15) is 4.21 Å². The van der Waals surface area contributed by atoms with Crippen LogP contribution in [0, 0.1) is 0 Å². The lowest BCUT2D eigenvalue weighted by Gasteiger charge is -2.19. The van der Waals surface area contributed by atoms with Gasteiger partial charge in [0.2, 0.25) is 0 Å². The summed E-state index contributed by atoms with van der Waals surface area (Å²) in [5.74, 6) is -0.555. The first-order valence-corrected chi connectivity index (χ1v) is 12.8. The molecular formula is C16H17Cl2NO4S3. The van der Waals surface area contributed by atoms with Gasteiger partial charge in [-0.2, -0.15) is 0 Å². The fourth-order valence-corrected chi connectivity index (χ4v) is 9.52. The van der Waals surface area contributed by atoms with E-state index in [9.17, 15) is 16.8 Å². The van der Waals surface area contributed by atoms with Gasteiger partial charge in [-0.1, -0.05) is 35.3 Å². The number of rotatable bonds is 6. The summed E-state index contributed by atoms with van der Waals surface area (Å²) in [5, 5.41) is 2.75. The van der Waals surface area contributed by atoms with Crippen molar-refractivity contribution in [2.45, 2.75) is 21.9 Å². The zero-order chi connectivity index (χ0) is 18.9. The molecule has 2 atom stereocenters. The minimum atomic E-state index is -3.76. The Morgan fingerprint density at radius 1 is 1.08 bits per heavy atom. The number of hydrogen-bond acceptors (Lipinski definition) is 6. The van der Waals surface area contributed by atoms with Gasteiger partial charge in [0.25, 0.3) is 0 Å². The molecule has 1 aromatic carbocycles. The largest absolute Gasteiger partial charge is 0.311 e. The predicted molar refractivity (Wildman–Crippen MR) is 106 cm³/mol. The quantitative estimate of drug-likeness (QED) is 0.726. The number of thiophene rings is 1. The second-order valence-electron chi connectivity index (χ2n) is 6.16. The van der Waals surface area contributed by atoms with Crippen molar-refractivity contribution in [2.75, 3.05) is 18.1 Å². The Labute approximate surface area is 167 Å². The lowest BCUT2D eigenvalue weighted by atomic mass is 10.1. The summed E-state index contributed by atoms with van der Waals surface area (Å²) in [6, 6.07) is 9.63. The van der Waals surface area contributed by atoms with E-state index in [1.165, 1.54) is 12.1 Å². The summed E-state index contributed by atoms with van der Waals surface area (Å²) in [5.41, 5.74) is 1.03. The molecule has 5 nitrogen and oxygen atoms in total. The maximum Gasteiger partial charge on any atom is 0.193 e. The second-order valence-corrected chi connectivity index (χ2v) is 12.9. The summed E-state index contributed by atoms with van der Waals surface area (Å²) in [6.07, 6.45) is 0.644. The number of sulfone groups is 2. The lowest BCUT2D eigenvalue weighted by molar-refractivity contribution is 0.529. The normalized spacial score (nSPS) is 22.5. The zero-order valence-electron chi connectivity index (χ0n) is 13.6. The molecule has 1 saturated heterocycles. The smallest absolute Gasteiger partial charge is 0.193 e. The highest BCUT2D eigenvalue weighted by molar-refractivity contribution is 7.97. The molecule has 0 bridgehead atoms. The van der Waals surface area contributed by atoms with Crippen LogP contribution in [0.5, 0.6) is 0 Å². The minimum Gasteiger partial charge on any atom is -0.311 e. The topological polar surface area (TPSA) is 80.3 Å². The Morgan fingerprint density at radius 2 is 1.77 bits per heavy atom. The highest BCUT2D eigenvalue weighted by Crippen LogP contribution is 2.32. The van der Waals surface area contributed by atoms with Crippen LogP contribution in [0.25, 0.3) is 0 Å². The highest BCUT2D eigenvalue weighted by Gasteiger charge is 2.46. The van der Waals surface area contributed by atoms with Gasteiger partial charge in [0.15, 0.2) is 19.7 Å². The van der Waals surface area contributed by atoms with E-state index < -0.39 is 31.0 Å². The van der Waals surface area contributed by atoms with Crippen molar-refractivity contribution in [3.63, 3.8) is 0 Å². The molecule has 1 N–H and O–H groups in total. The van der Waals surface area contributed by atoms with Gasteiger partial charge in [-0.15, -0.1) is 11.3 Å². The Balaban J connectivity index is 1.73. The van der Waals surface area contributed by atoms with Gasteiger partial charge < -0.3 is 5.32 Å². The molecule has 0 aliphatic carbocycles. The second kappa shape index (κ2) is 7.77. The fraction of sp³-hybridized carbons (Fsp3) is 0.375. The van der Waals surface area contributed by atoms with E-state index in [0.29, 0.717) is 22.3 Å². The molecule has 0 radical (unpaired) electrons. The lowest BCUT2D eigenvalue weighted by Crippen LogP contribution is -2.43. The van der Waals surface area contributed by atoms with Gasteiger partial charge in [0, 0.05) is 11.1 Å². The number of benzene rings is 1.